The summed E-state index contributed by atoms with van der Waals surface area (Å²) in [6.45, 7) is 5.97. The third kappa shape index (κ3) is 6.03. The maximum absolute atomic E-state index is 13.5. The van der Waals surface area contributed by atoms with Crippen LogP contribution in [0.25, 0.3) is 0 Å². The van der Waals surface area contributed by atoms with E-state index in [2.05, 4.69) is 22.3 Å². The second kappa shape index (κ2) is 11.0. The van der Waals surface area contributed by atoms with Gasteiger partial charge in [-0.3, -0.25) is 9.10 Å². The molecule has 3 aromatic rings. The van der Waals surface area contributed by atoms with Crippen molar-refractivity contribution in [2.24, 2.45) is 0 Å². The fourth-order valence-corrected chi connectivity index (χ4v) is 5.87. The Bertz CT molecular complexity index is 1250. The van der Waals surface area contributed by atoms with E-state index in [-0.39, 0.29) is 17.3 Å². The lowest BCUT2D eigenvalue weighted by Crippen LogP contribution is -2.41. The van der Waals surface area contributed by atoms with Crippen LogP contribution in [0.4, 0.5) is 11.4 Å². The first-order valence-corrected chi connectivity index (χ1v) is 13.5. The number of rotatable bonds is 8. The zero-order chi connectivity index (χ0) is 24.8. The zero-order valence-electron chi connectivity index (χ0n) is 20.4. The quantitative estimate of drug-likeness (QED) is 0.491. The van der Waals surface area contributed by atoms with Crippen LogP contribution >= 0.6 is 0 Å². The van der Waals surface area contributed by atoms with Crippen LogP contribution in [0.15, 0.2) is 77.7 Å². The first kappa shape index (κ1) is 24.8. The number of carbonyl (C=O) groups is 1. The van der Waals surface area contributed by atoms with Gasteiger partial charge in [0.05, 0.1) is 10.6 Å². The summed E-state index contributed by atoms with van der Waals surface area (Å²) in [5.41, 5.74) is 4.40. The zero-order valence-corrected chi connectivity index (χ0v) is 21.2. The lowest BCUT2D eigenvalue weighted by Gasteiger charge is -2.29. The Kier molecular flexibility index (Phi) is 7.76. The van der Waals surface area contributed by atoms with Gasteiger partial charge in [-0.15, -0.1) is 0 Å². The van der Waals surface area contributed by atoms with Crippen molar-refractivity contribution in [2.75, 3.05) is 28.8 Å². The van der Waals surface area contributed by atoms with E-state index in [0.717, 1.165) is 29.8 Å². The van der Waals surface area contributed by atoms with Gasteiger partial charge in [-0.2, -0.15) is 0 Å². The number of piperidine rings is 1. The van der Waals surface area contributed by atoms with Crippen molar-refractivity contribution in [1.29, 1.82) is 0 Å². The molecule has 184 valence electrons. The highest BCUT2D eigenvalue weighted by atomic mass is 32.2. The summed E-state index contributed by atoms with van der Waals surface area (Å²) in [6, 6.07) is 22.1. The van der Waals surface area contributed by atoms with E-state index >= 15 is 0 Å². The molecule has 0 atom stereocenters. The van der Waals surface area contributed by atoms with Crippen molar-refractivity contribution in [1.82, 2.24) is 5.32 Å². The molecule has 1 fully saturated rings. The molecule has 6 nitrogen and oxygen atoms in total. The minimum absolute atomic E-state index is 0.155. The summed E-state index contributed by atoms with van der Waals surface area (Å²) in [5.74, 6) is -0.356. The number of benzene rings is 3. The van der Waals surface area contributed by atoms with Gasteiger partial charge in [0.25, 0.3) is 10.0 Å². The first-order chi connectivity index (χ1) is 16.8. The van der Waals surface area contributed by atoms with Crippen LogP contribution in [0, 0.1) is 13.8 Å². The highest BCUT2D eigenvalue weighted by Gasteiger charge is 2.28. The number of carbonyl (C=O) groups excluding carboxylic acids is 1. The molecule has 4 rings (SSSR count). The van der Waals surface area contributed by atoms with Crippen LogP contribution in [-0.4, -0.2) is 34.0 Å². The standard InChI is InChI=1S/C28H33N3O3S/c1-22-11-12-23(2)27(19-22)31(35(33,34)26-9-5-3-6-10-26)21-28(32)29-20-24-13-15-25(16-14-24)30-17-7-4-8-18-30/h3,5-6,9-16,19H,4,7-8,17-18,20-21H2,1-2H3,(H,29,32). The molecule has 3 aromatic carbocycles. The van der Waals surface area contributed by atoms with Gasteiger partial charge in [0, 0.05) is 25.3 Å². The van der Waals surface area contributed by atoms with E-state index in [1.807, 2.05) is 44.2 Å². The van der Waals surface area contributed by atoms with Crippen molar-refractivity contribution >= 4 is 27.3 Å². The minimum Gasteiger partial charge on any atom is -0.372 e. The predicted molar refractivity (Wildman–Crippen MR) is 141 cm³/mol. The van der Waals surface area contributed by atoms with Gasteiger partial charge in [-0.05, 0) is 80.1 Å². The molecule has 7 heteroatoms. The number of nitrogens with zero attached hydrogens (tertiary/aromatic N) is 2. The Labute approximate surface area is 208 Å². The summed E-state index contributed by atoms with van der Waals surface area (Å²) >= 11 is 0. The summed E-state index contributed by atoms with van der Waals surface area (Å²) in [7, 11) is -3.92. The van der Waals surface area contributed by atoms with Gasteiger partial charge in [0.2, 0.25) is 5.91 Å². The number of hydrogen-bond donors (Lipinski definition) is 1. The van der Waals surface area contributed by atoms with Crippen LogP contribution in [0.3, 0.4) is 0 Å². The number of sulfonamides is 1. The van der Waals surface area contributed by atoms with Crippen molar-refractivity contribution in [3.05, 3.63) is 89.5 Å². The summed E-state index contributed by atoms with van der Waals surface area (Å²) in [5, 5.41) is 2.90. The van der Waals surface area contributed by atoms with Crippen molar-refractivity contribution in [2.45, 2.75) is 44.6 Å². The molecular formula is C28H33N3O3S. The lowest BCUT2D eigenvalue weighted by molar-refractivity contribution is -0.119. The van der Waals surface area contributed by atoms with E-state index in [4.69, 9.17) is 0 Å². The van der Waals surface area contributed by atoms with E-state index < -0.39 is 10.0 Å². The smallest absolute Gasteiger partial charge is 0.264 e. The molecule has 35 heavy (non-hydrogen) atoms. The fraction of sp³-hybridized carbons (Fsp3) is 0.321. The van der Waals surface area contributed by atoms with Crippen LogP contribution in [0.5, 0.6) is 0 Å². The predicted octanol–water partition coefficient (Wildman–Crippen LogP) is 4.81. The van der Waals surface area contributed by atoms with E-state index in [0.29, 0.717) is 12.2 Å². The SMILES string of the molecule is Cc1ccc(C)c(N(CC(=O)NCc2ccc(N3CCCCC3)cc2)S(=O)(=O)c2ccccc2)c1. The lowest BCUT2D eigenvalue weighted by atomic mass is 10.1. The molecule has 0 bridgehead atoms. The molecule has 1 aliphatic heterocycles. The molecule has 1 saturated heterocycles. The molecule has 0 aliphatic carbocycles. The van der Waals surface area contributed by atoms with Crippen molar-refractivity contribution < 1.29 is 13.2 Å². The number of nitrogens with one attached hydrogen (secondary N) is 1. The molecular weight excluding hydrogens is 458 g/mol. The number of aryl methyl sites for hydroxylation is 2. The number of hydrogen-bond acceptors (Lipinski definition) is 4. The molecule has 1 heterocycles. The van der Waals surface area contributed by atoms with E-state index in [1.165, 1.54) is 29.3 Å². The topological polar surface area (TPSA) is 69.7 Å². The minimum atomic E-state index is -3.92. The van der Waals surface area contributed by atoms with Gasteiger partial charge in [-0.25, -0.2) is 8.42 Å². The van der Waals surface area contributed by atoms with Crippen LogP contribution in [0.1, 0.15) is 36.0 Å². The van der Waals surface area contributed by atoms with Crippen LogP contribution < -0.4 is 14.5 Å². The highest BCUT2D eigenvalue weighted by molar-refractivity contribution is 7.92. The maximum Gasteiger partial charge on any atom is 0.264 e. The number of anilines is 2. The Hall–Kier alpha value is -3.32. The monoisotopic (exact) mass is 491 g/mol. The highest BCUT2D eigenvalue weighted by Crippen LogP contribution is 2.28. The fourth-order valence-electron chi connectivity index (χ4n) is 4.37. The van der Waals surface area contributed by atoms with Gasteiger partial charge in [0.1, 0.15) is 6.54 Å². The first-order valence-electron chi connectivity index (χ1n) is 12.1. The van der Waals surface area contributed by atoms with Gasteiger partial charge >= 0.3 is 0 Å². The number of amides is 1. The molecule has 0 aromatic heterocycles. The van der Waals surface area contributed by atoms with E-state index in [9.17, 15) is 13.2 Å². The average Bonchev–Trinajstić information content (AvgIpc) is 2.89. The molecule has 0 radical (unpaired) electrons. The normalized spacial score (nSPS) is 13.9. The Morgan fingerprint density at radius 3 is 2.29 bits per heavy atom. The summed E-state index contributed by atoms with van der Waals surface area (Å²) in [4.78, 5) is 15.5. The van der Waals surface area contributed by atoms with Gasteiger partial charge in [0.15, 0.2) is 0 Å². The maximum atomic E-state index is 13.5. The van der Waals surface area contributed by atoms with Gasteiger partial charge in [-0.1, -0.05) is 42.5 Å². The largest absolute Gasteiger partial charge is 0.372 e. The molecule has 0 saturated carbocycles. The Morgan fingerprint density at radius 2 is 1.60 bits per heavy atom. The van der Waals surface area contributed by atoms with E-state index in [1.54, 1.807) is 30.3 Å². The Morgan fingerprint density at radius 1 is 0.914 bits per heavy atom. The van der Waals surface area contributed by atoms with Crippen molar-refractivity contribution in [3.8, 4) is 0 Å². The van der Waals surface area contributed by atoms with Crippen LogP contribution in [0.2, 0.25) is 0 Å². The van der Waals surface area contributed by atoms with Gasteiger partial charge < -0.3 is 10.2 Å². The summed E-state index contributed by atoms with van der Waals surface area (Å²) < 4.78 is 28.3. The molecule has 0 spiro atoms. The molecule has 1 N–H and O–H groups in total. The Balaban J connectivity index is 1.49. The average molecular weight is 492 g/mol. The van der Waals surface area contributed by atoms with Crippen LogP contribution in [-0.2, 0) is 21.4 Å². The third-order valence-electron chi connectivity index (χ3n) is 6.40. The third-order valence-corrected chi connectivity index (χ3v) is 8.17. The second-order valence-corrected chi connectivity index (χ2v) is 11.0. The second-order valence-electron chi connectivity index (χ2n) is 9.11. The molecule has 0 unspecified atom stereocenters. The molecule has 1 aliphatic rings. The molecule has 1 amide bonds. The van der Waals surface area contributed by atoms with Crippen molar-refractivity contribution in [3.63, 3.8) is 0 Å². The summed E-state index contributed by atoms with van der Waals surface area (Å²) in [6.07, 6.45) is 3.74.